The number of nitrogens with zero attached hydrogens (tertiary/aromatic N) is 1. The number of carboxylic acids is 1. The van der Waals surface area contributed by atoms with Crippen molar-refractivity contribution in [3.05, 3.63) is 57.7 Å². The number of amides is 1. The molecule has 2 aromatic rings. The largest absolute Gasteiger partial charge is 0.480 e. The zero-order valence-electron chi connectivity index (χ0n) is 11.0. The molecule has 0 saturated carbocycles. The number of benzene rings is 2. The van der Waals surface area contributed by atoms with Crippen molar-refractivity contribution in [1.29, 1.82) is 0 Å². The first-order valence-corrected chi connectivity index (χ1v) is 7.20. The predicted octanol–water partition coefficient (Wildman–Crippen LogP) is 2.60. The Kier molecular flexibility index (Phi) is 4.79. The molecule has 0 saturated heterocycles. The van der Waals surface area contributed by atoms with E-state index in [2.05, 4.69) is 22.6 Å². The summed E-state index contributed by atoms with van der Waals surface area (Å²) in [5.74, 6) is -1.49. The molecule has 0 heterocycles. The fourth-order valence-electron chi connectivity index (χ4n) is 1.91. The summed E-state index contributed by atoms with van der Waals surface area (Å²) in [7, 11) is 0. The van der Waals surface area contributed by atoms with Crippen molar-refractivity contribution in [3.8, 4) is 0 Å². The number of para-hydroxylation sites is 2. The third-order valence-electron chi connectivity index (χ3n) is 2.84. The first kappa shape index (κ1) is 15.3. The molecule has 0 spiro atoms. The summed E-state index contributed by atoms with van der Waals surface area (Å²) in [6, 6.07) is 13.7. The molecule has 0 atom stereocenters. The molecule has 0 aliphatic heterocycles. The topological polar surface area (TPSA) is 83.6 Å². The summed E-state index contributed by atoms with van der Waals surface area (Å²) in [6.07, 6.45) is 0. The minimum atomic E-state index is -1.10. The molecule has 3 N–H and O–H groups in total. The van der Waals surface area contributed by atoms with Crippen LogP contribution in [0.25, 0.3) is 0 Å². The molecule has 6 heteroatoms. The number of hydrogen-bond acceptors (Lipinski definition) is 3. The van der Waals surface area contributed by atoms with Crippen molar-refractivity contribution in [2.45, 2.75) is 0 Å². The van der Waals surface area contributed by atoms with Gasteiger partial charge in [0.1, 0.15) is 6.54 Å². The third kappa shape index (κ3) is 3.72. The second kappa shape index (κ2) is 6.57. The molecule has 1 amide bonds. The number of hydrogen-bond donors (Lipinski definition) is 2. The van der Waals surface area contributed by atoms with E-state index in [9.17, 15) is 9.59 Å². The van der Waals surface area contributed by atoms with Gasteiger partial charge in [-0.1, -0.05) is 18.2 Å². The average Bonchev–Trinajstić information content (AvgIpc) is 2.45. The van der Waals surface area contributed by atoms with Gasteiger partial charge in [0.2, 0.25) is 0 Å². The molecule has 0 aliphatic rings. The Hall–Kier alpha value is -2.09. The van der Waals surface area contributed by atoms with Crippen LogP contribution in [0, 0.1) is 3.57 Å². The maximum absolute atomic E-state index is 12.6. The van der Waals surface area contributed by atoms with Crippen LogP contribution in [0.1, 0.15) is 10.4 Å². The zero-order chi connectivity index (χ0) is 15.4. The number of nitrogens with two attached hydrogens (primary N) is 1. The summed E-state index contributed by atoms with van der Waals surface area (Å²) in [5, 5.41) is 9.05. The van der Waals surface area contributed by atoms with Crippen molar-refractivity contribution >= 4 is 45.8 Å². The van der Waals surface area contributed by atoms with Gasteiger partial charge in [-0.25, -0.2) is 0 Å². The Labute approximate surface area is 135 Å². The monoisotopic (exact) mass is 396 g/mol. The molecular weight excluding hydrogens is 383 g/mol. The van der Waals surface area contributed by atoms with E-state index >= 15 is 0 Å². The molecule has 2 rings (SSSR count). The number of nitrogen functional groups attached to an aromatic ring is 1. The lowest BCUT2D eigenvalue weighted by molar-refractivity contribution is -0.135. The first-order chi connectivity index (χ1) is 9.99. The summed E-state index contributed by atoms with van der Waals surface area (Å²) >= 11 is 2.10. The van der Waals surface area contributed by atoms with Crippen LogP contribution >= 0.6 is 22.6 Å². The highest BCUT2D eigenvalue weighted by atomic mass is 127. The zero-order valence-corrected chi connectivity index (χ0v) is 13.1. The Morgan fingerprint density at radius 2 is 1.86 bits per heavy atom. The maximum atomic E-state index is 12.6. The van der Waals surface area contributed by atoms with Crippen molar-refractivity contribution in [3.63, 3.8) is 0 Å². The lowest BCUT2D eigenvalue weighted by atomic mass is 10.1. The van der Waals surface area contributed by atoms with Gasteiger partial charge in [-0.3, -0.25) is 14.5 Å². The molecule has 0 bridgehead atoms. The average molecular weight is 396 g/mol. The molecule has 5 nitrogen and oxygen atoms in total. The highest BCUT2D eigenvalue weighted by Gasteiger charge is 2.22. The van der Waals surface area contributed by atoms with Crippen LogP contribution in [0.5, 0.6) is 0 Å². The highest BCUT2D eigenvalue weighted by Crippen LogP contribution is 2.24. The van der Waals surface area contributed by atoms with E-state index in [1.807, 2.05) is 6.07 Å². The molecule has 0 radical (unpaired) electrons. The number of carbonyl (C=O) groups excluding carboxylic acids is 1. The molecule has 0 unspecified atom stereocenters. The van der Waals surface area contributed by atoms with Crippen LogP contribution in [0.15, 0.2) is 48.5 Å². The minimum absolute atomic E-state index is 0.359. The van der Waals surface area contributed by atoms with Gasteiger partial charge in [-0.15, -0.1) is 0 Å². The molecule has 0 fully saturated rings. The number of anilines is 2. The normalized spacial score (nSPS) is 10.1. The van der Waals surface area contributed by atoms with Crippen molar-refractivity contribution < 1.29 is 14.7 Å². The fraction of sp³-hybridized carbons (Fsp3) is 0.0667. The lowest BCUT2D eigenvalue weighted by Gasteiger charge is -2.22. The Morgan fingerprint density at radius 1 is 1.14 bits per heavy atom. The number of carboxylic acid groups (broad SMARTS) is 1. The van der Waals surface area contributed by atoms with Gasteiger partial charge in [0.15, 0.2) is 0 Å². The molecular formula is C15H13IN2O3. The smallest absolute Gasteiger partial charge is 0.323 e. The van der Waals surface area contributed by atoms with Crippen LogP contribution in [-0.2, 0) is 4.79 Å². The third-order valence-corrected chi connectivity index (χ3v) is 3.51. The number of carbonyl (C=O) groups is 2. The van der Waals surface area contributed by atoms with E-state index in [1.54, 1.807) is 42.5 Å². The molecule has 0 aliphatic carbocycles. The van der Waals surface area contributed by atoms with Crippen LogP contribution in [0.2, 0.25) is 0 Å². The number of aliphatic carboxylic acids is 1. The van der Waals surface area contributed by atoms with Crippen molar-refractivity contribution in [2.24, 2.45) is 0 Å². The van der Waals surface area contributed by atoms with Gasteiger partial charge in [0.05, 0.1) is 11.4 Å². The van der Waals surface area contributed by atoms with Gasteiger partial charge in [0.25, 0.3) is 5.91 Å². The first-order valence-electron chi connectivity index (χ1n) is 6.13. The van der Waals surface area contributed by atoms with Gasteiger partial charge >= 0.3 is 5.97 Å². The van der Waals surface area contributed by atoms with E-state index in [1.165, 1.54) is 4.90 Å². The SMILES string of the molecule is Nc1ccccc1N(CC(=O)O)C(=O)c1cccc(I)c1. The summed E-state index contributed by atoms with van der Waals surface area (Å²) < 4.78 is 0.898. The summed E-state index contributed by atoms with van der Waals surface area (Å²) in [4.78, 5) is 24.8. The second-order valence-electron chi connectivity index (χ2n) is 4.35. The standard InChI is InChI=1S/C15H13IN2O3/c16-11-5-3-4-10(8-11)15(21)18(9-14(19)20)13-7-2-1-6-12(13)17/h1-8H,9,17H2,(H,19,20). The number of rotatable bonds is 4. The van der Waals surface area contributed by atoms with Crippen LogP contribution in [0.3, 0.4) is 0 Å². The summed E-state index contributed by atoms with van der Waals surface area (Å²) in [5.41, 5.74) is 7.03. The van der Waals surface area contributed by atoms with Crippen molar-refractivity contribution in [1.82, 2.24) is 0 Å². The van der Waals surface area contributed by atoms with Crippen LogP contribution < -0.4 is 10.6 Å². The molecule has 2 aromatic carbocycles. The molecule has 0 aromatic heterocycles. The van der Waals surface area contributed by atoms with Crippen LogP contribution in [-0.4, -0.2) is 23.5 Å². The second-order valence-corrected chi connectivity index (χ2v) is 5.60. The minimum Gasteiger partial charge on any atom is -0.480 e. The maximum Gasteiger partial charge on any atom is 0.323 e. The Bertz CT molecular complexity index is 688. The molecule has 108 valence electrons. The quantitative estimate of drug-likeness (QED) is 0.615. The lowest BCUT2D eigenvalue weighted by Crippen LogP contribution is -2.36. The van der Waals surface area contributed by atoms with E-state index in [4.69, 9.17) is 10.8 Å². The van der Waals surface area contributed by atoms with E-state index in [0.717, 1.165) is 3.57 Å². The van der Waals surface area contributed by atoms with Gasteiger partial charge in [0, 0.05) is 9.13 Å². The predicted molar refractivity (Wildman–Crippen MR) is 89.3 cm³/mol. The highest BCUT2D eigenvalue weighted by molar-refractivity contribution is 14.1. The van der Waals surface area contributed by atoms with E-state index < -0.39 is 18.4 Å². The fourth-order valence-corrected chi connectivity index (χ4v) is 2.46. The van der Waals surface area contributed by atoms with Gasteiger partial charge in [-0.05, 0) is 52.9 Å². The van der Waals surface area contributed by atoms with E-state index in [-0.39, 0.29) is 0 Å². The number of halogens is 1. The van der Waals surface area contributed by atoms with Crippen LogP contribution in [0.4, 0.5) is 11.4 Å². The van der Waals surface area contributed by atoms with Gasteiger partial charge < -0.3 is 10.8 Å². The summed E-state index contributed by atoms with van der Waals surface area (Å²) in [6.45, 7) is -0.446. The Morgan fingerprint density at radius 3 is 2.48 bits per heavy atom. The van der Waals surface area contributed by atoms with Crippen molar-refractivity contribution in [2.75, 3.05) is 17.2 Å². The Balaban J connectivity index is 2.43. The van der Waals surface area contributed by atoms with E-state index in [0.29, 0.717) is 16.9 Å². The van der Waals surface area contributed by atoms with Gasteiger partial charge in [-0.2, -0.15) is 0 Å². The molecule has 21 heavy (non-hydrogen) atoms.